The number of benzene rings is 2. The van der Waals surface area contributed by atoms with Gasteiger partial charge in [-0.3, -0.25) is 4.79 Å². The van der Waals surface area contributed by atoms with Crippen molar-refractivity contribution in [1.29, 1.82) is 0 Å². The largest absolute Gasteiger partial charge is 0.489 e. The van der Waals surface area contributed by atoms with Crippen molar-refractivity contribution in [3.05, 3.63) is 64.7 Å². The molecule has 0 bridgehead atoms. The summed E-state index contributed by atoms with van der Waals surface area (Å²) in [6, 6.07) is 14.7. The Morgan fingerprint density at radius 2 is 2.08 bits per heavy atom. The SMILES string of the molecule is CSCC[C@H](NCc1cccc(OCc2ccccc2Cl)c1)C(=O)O. The zero-order valence-corrected chi connectivity index (χ0v) is 15.6. The summed E-state index contributed by atoms with van der Waals surface area (Å²) >= 11 is 7.77. The summed E-state index contributed by atoms with van der Waals surface area (Å²) in [5.74, 6) is 0.723. The predicted molar refractivity (Wildman–Crippen MR) is 103 cm³/mol. The maximum atomic E-state index is 11.3. The van der Waals surface area contributed by atoms with Gasteiger partial charge in [-0.15, -0.1) is 0 Å². The van der Waals surface area contributed by atoms with Crippen LogP contribution in [0.3, 0.4) is 0 Å². The number of carboxylic acid groups (broad SMARTS) is 1. The molecule has 0 unspecified atom stereocenters. The molecule has 0 fully saturated rings. The highest BCUT2D eigenvalue weighted by Gasteiger charge is 2.15. The molecule has 2 aromatic rings. The molecule has 0 aliphatic carbocycles. The quantitative estimate of drug-likeness (QED) is 0.647. The van der Waals surface area contributed by atoms with E-state index in [0.717, 1.165) is 22.6 Å². The van der Waals surface area contributed by atoms with E-state index in [1.807, 2.05) is 54.8 Å². The highest BCUT2D eigenvalue weighted by Crippen LogP contribution is 2.19. The molecule has 25 heavy (non-hydrogen) atoms. The van der Waals surface area contributed by atoms with Crippen molar-refractivity contribution in [3.63, 3.8) is 0 Å². The minimum Gasteiger partial charge on any atom is -0.489 e. The van der Waals surface area contributed by atoms with Crippen LogP contribution in [0.2, 0.25) is 5.02 Å². The number of carboxylic acids is 1. The van der Waals surface area contributed by atoms with Gasteiger partial charge in [-0.25, -0.2) is 0 Å². The Hall–Kier alpha value is -1.69. The Kier molecular flexibility index (Phi) is 8.12. The maximum absolute atomic E-state index is 11.3. The van der Waals surface area contributed by atoms with E-state index in [0.29, 0.717) is 24.6 Å². The number of ether oxygens (including phenoxy) is 1. The molecular weight excluding hydrogens is 358 g/mol. The fraction of sp³-hybridized carbons (Fsp3) is 0.316. The molecule has 0 heterocycles. The van der Waals surface area contributed by atoms with Crippen molar-refractivity contribution in [3.8, 4) is 5.75 Å². The van der Waals surface area contributed by atoms with Gasteiger partial charge in [-0.05, 0) is 42.2 Å². The number of rotatable bonds is 10. The number of halogens is 1. The third-order valence-electron chi connectivity index (χ3n) is 3.71. The van der Waals surface area contributed by atoms with Crippen LogP contribution in [0.15, 0.2) is 48.5 Å². The third-order valence-corrected chi connectivity index (χ3v) is 4.72. The predicted octanol–water partition coefficient (Wildman–Crippen LogP) is 4.21. The van der Waals surface area contributed by atoms with Gasteiger partial charge in [0.1, 0.15) is 18.4 Å². The zero-order valence-electron chi connectivity index (χ0n) is 14.1. The van der Waals surface area contributed by atoms with Crippen LogP contribution in [0.4, 0.5) is 0 Å². The third kappa shape index (κ3) is 6.61. The Balaban J connectivity index is 1.92. The minimum atomic E-state index is -0.819. The van der Waals surface area contributed by atoms with Crippen molar-refractivity contribution in [2.24, 2.45) is 0 Å². The summed E-state index contributed by atoms with van der Waals surface area (Å²) in [6.07, 6.45) is 2.57. The van der Waals surface area contributed by atoms with Gasteiger partial charge in [-0.2, -0.15) is 11.8 Å². The standard InChI is InChI=1S/C19H22ClNO3S/c1-25-10-9-18(19(22)23)21-12-14-5-4-7-16(11-14)24-13-15-6-2-3-8-17(15)20/h2-8,11,18,21H,9-10,12-13H2,1H3,(H,22,23)/t18-/m0/s1. The van der Waals surface area contributed by atoms with Crippen LogP contribution in [0.1, 0.15) is 17.5 Å². The van der Waals surface area contributed by atoms with Crippen LogP contribution < -0.4 is 10.1 Å². The molecule has 0 amide bonds. The molecule has 6 heteroatoms. The number of nitrogens with one attached hydrogen (secondary N) is 1. The minimum absolute atomic E-state index is 0.391. The van der Waals surface area contributed by atoms with E-state index in [1.54, 1.807) is 11.8 Å². The topological polar surface area (TPSA) is 58.6 Å². The Bertz CT molecular complexity index is 696. The van der Waals surface area contributed by atoms with E-state index in [9.17, 15) is 9.90 Å². The van der Waals surface area contributed by atoms with Crippen LogP contribution in [-0.2, 0) is 17.9 Å². The number of aliphatic carboxylic acids is 1. The van der Waals surface area contributed by atoms with Gasteiger partial charge in [0.25, 0.3) is 0 Å². The molecule has 2 rings (SSSR count). The fourth-order valence-electron chi connectivity index (χ4n) is 2.31. The number of thioether (sulfide) groups is 1. The van der Waals surface area contributed by atoms with Crippen LogP contribution >= 0.6 is 23.4 Å². The van der Waals surface area contributed by atoms with E-state index < -0.39 is 12.0 Å². The first-order valence-electron chi connectivity index (χ1n) is 8.00. The molecule has 4 nitrogen and oxygen atoms in total. The number of carbonyl (C=O) groups is 1. The van der Waals surface area contributed by atoms with E-state index in [-0.39, 0.29) is 0 Å². The molecule has 0 aliphatic heterocycles. The van der Waals surface area contributed by atoms with Gasteiger partial charge in [-0.1, -0.05) is 41.9 Å². The Morgan fingerprint density at radius 3 is 2.80 bits per heavy atom. The lowest BCUT2D eigenvalue weighted by Gasteiger charge is -2.14. The lowest BCUT2D eigenvalue weighted by atomic mass is 10.1. The highest BCUT2D eigenvalue weighted by molar-refractivity contribution is 7.98. The first-order valence-corrected chi connectivity index (χ1v) is 9.77. The van der Waals surface area contributed by atoms with Crippen molar-refractivity contribution in [2.45, 2.75) is 25.6 Å². The van der Waals surface area contributed by atoms with Crippen LogP contribution in [0.5, 0.6) is 5.75 Å². The lowest BCUT2D eigenvalue weighted by Crippen LogP contribution is -2.36. The second-order valence-electron chi connectivity index (χ2n) is 5.58. The number of hydrogen-bond donors (Lipinski definition) is 2. The summed E-state index contributed by atoms with van der Waals surface area (Å²) < 4.78 is 5.80. The monoisotopic (exact) mass is 379 g/mol. The molecule has 0 saturated carbocycles. The molecule has 0 spiro atoms. The highest BCUT2D eigenvalue weighted by atomic mass is 35.5. The van der Waals surface area contributed by atoms with Crippen LogP contribution in [0, 0.1) is 0 Å². The zero-order chi connectivity index (χ0) is 18.1. The van der Waals surface area contributed by atoms with E-state index in [4.69, 9.17) is 16.3 Å². The Labute approximate surface area is 157 Å². The van der Waals surface area contributed by atoms with E-state index in [2.05, 4.69) is 5.32 Å². The summed E-state index contributed by atoms with van der Waals surface area (Å²) in [5.41, 5.74) is 1.91. The maximum Gasteiger partial charge on any atom is 0.320 e. The lowest BCUT2D eigenvalue weighted by molar-refractivity contribution is -0.139. The van der Waals surface area contributed by atoms with Crippen molar-refractivity contribution in [2.75, 3.05) is 12.0 Å². The molecule has 2 N–H and O–H groups in total. The van der Waals surface area contributed by atoms with Gasteiger partial charge in [0, 0.05) is 17.1 Å². The first kappa shape index (κ1) is 19.6. The van der Waals surface area contributed by atoms with Crippen molar-refractivity contribution >= 4 is 29.3 Å². The van der Waals surface area contributed by atoms with Gasteiger partial charge in [0.15, 0.2) is 0 Å². The summed E-state index contributed by atoms with van der Waals surface area (Å²) in [6.45, 7) is 0.872. The van der Waals surface area contributed by atoms with E-state index >= 15 is 0 Å². The molecule has 0 saturated heterocycles. The second-order valence-corrected chi connectivity index (χ2v) is 6.97. The molecule has 0 aliphatic rings. The normalized spacial score (nSPS) is 11.9. The van der Waals surface area contributed by atoms with Gasteiger partial charge < -0.3 is 15.2 Å². The van der Waals surface area contributed by atoms with E-state index in [1.165, 1.54) is 0 Å². The fourth-order valence-corrected chi connectivity index (χ4v) is 2.97. The molecule has 2 aromatic carbocycles. The van der Waals surface area contributed by atoms with Crippen LogP contribution in [-0.4, -0.2) is 29.1 Å². The first-order chi connectivity index (χ1) is 12.1. The van der Waals surface area contributed by atoms with Gasteiger partial charge >= 0.3 is 5.97 Å². The number of hydrogen-bond acceptors (Lipinski definition) is 4. The molecule has 1 atom stereocenters. The summed E-state index contributed by atoms with van der Waals surface area (Å²) in [7, 11) is 0. The van der Waals surface area contributed by atoms with Crippen molar-refractivity contribution < 1.29 is 14.6 Å². The Morgan fingerprint density at radius 1 is 1.28 bits per heavy atom. The van der Waals surface area contributed by atoms with Gasteiger partial charge in [0.2, 0.25) is 0 Å². The average Bonchev–Trinajstić information content (AvgIpc) is 2.61. The average molecular weight is 380 g/mol. The van der Waals surface area contributed by atoms with Crippen molar-refractivity contribution in [1.82, 2.24) is 5.32 Å². The summed E-state index contributed by atoms with van der Waals surface area (Å²) in [5, 5.41) is 13.0. The molecule has 0 aromatic heterocycles. The summed E-state index contributed by atoms with van der Waals surface area (Å²) in [4.78, 5) is 11.3. The smallest absolute Gasteiger partial charge is 0.320 e. The van der Waals surface area contributed by atoms with Gasteiger partial charge in [0.05, 0.1) is 0 Å². The molecule has 134 valence electrons. The molecule has 0 radical (unpaired) electrons. The van der Waals surface area contributed by atoms with Crippen LogP contribution in [0.25, 0.3) is 0 Å². The molecular formula is C19H22ClNO3S. The second kappa shape index (κ2) is 10.3.